The summed E-state index contributed by atoms with van der Waals surface area (Å²) in [5.74, 6) is 0.0229. The lowest BCUT2D eigenvalue weighted by atomic mass is 10.2. The molecule has 0 unspecified atom stereocenters. The van der Waals surface area contributed by atoms with E-state index in [1.54, 1.807) is 10.9 Å². The van der Waals surface area contributed by atoms with Crippen LogP contribution in [0.25, 0.3) is 0 Å². The molecule has 1 aromatic rings. The first-order chi connectivity index (χ1) is 7.66. The Balaban J connectivity index is 1.89. The first kappa shape index (κ1) is 11.5. The Morgan fingerprint density at radius 3 is 2.88 bits per heavy atom. The molecule has 1 fully saturated rings. The van der Waals surface area contributed by atoms with Crippen LogP contribution in [0.15, 0.2) is 6.20 Å². The predicted octanol–water partition coefficient (Wildman–Crippen LogP) is 1.90. The Labute approximate surface area is 100.0 Å². The van der Waals surface area contributed by atoms with Gasteiger partial charge in [-0.2, -0.15) is 5.10 Å². The molecule has 1 amide bonds. The quantitative estimate of drug-likeness (QED) is 0.879. The molecule has 16 heavy (non-hydrogen) atoms. The zero-order valence-corrected chi connectivity index (χ0v) is 10.1. The summed E-state index contributed by atoms with van der Waals surface area (Å²) in [6.07, 6.45) is 6.21. The highest BCUT2D eigenvalue weighted by atomic mass is 35.5. The lowest BCUT2D eigenvalue weighted by Gasteiger charge is -2.12. The third-order valence-electron chi connectivity index (χ3n) is 3.06. The van der Waals surface area contributed by atoms with Crippen LogP contribution in [-0.2, 0) is 11.3 Å². The lowest BCUT2D eigenvalue weighted by molar-refractivity contribution is -0.122. The van der Waals surface area contributed by atoms with Crippen molar-refractivity contribution >= 4 is 17.5 Å². The van der Waals surface area contributed by atoms with Crippen LogP contribution in [-0.4, -0.2) is 21.7 Å². The fourth-order valence-electron chi connectivity index (χ4n) is 2.06. The molecule has 1 aliphatic rings. The van der Waals surface area contributed by atoms with Crippen LogP contribution in [0.3, 0.4) is 0 Å². The van der Waals surface area contributed by atoms with Crippen molar-refractivity contribution in [2.45, 2.75) is 45.2 Å². The van der Waals surface area contributed by atoms with Gasteiger partial charge in [0.2, 0.25) is 5.91 Å². The highest BCUT2D eigenvalue weighted by Crippen LogP contribution is 2.17. The molecule has 0 aliphatic heterocycles. The van der Waals surface area contributed by atoms with E-state index < -0.39 is 0 Å². The Bertz CT molecular complexity index is 383. The molecule has 0 bridgehead atoms. The normalized spacial score (nSPS) is 16.6. The van der Waals surface area contributed by atoms with Crippen molar-refractivity contribution < 1.29 is 4.79 Å². The number of hydrogen-bond donors (Lipinski definition) is 1. The van der Waals surface area contributed by atoms with Gasteiger partial charge in [-0.1, -0.05) is 24.4 Å². The first-order valence-corrected chi connectivity index (χ1v) is 6.02. The molecule has 1 aliphatic carbocycles. The summed E-state index contributed by atoms with van der Waals surface area (Å²) in [5.41, 5.74) is 0.836. The van der Waals surface area contributed by atoms with Crippen molar-refractivity contribution in [1.82, 2.24) is 15.1 Å². The van der Waals surface area contributed by atoms with Crippen LogP contribution in [0, 0.1) is 6.92 Å². The van der Waals surface area contributed by atoms with Gasteiger partial charge in [-0.25, -0.2) is 0 Å². The molecule has 0 spiro atoms. The Morgan fingerprint density at radius 2 is 2.31 bits per heavy atom. The van der Waals surface area contributed by atoms with E-state index in [0.29, 0.717) is 11.1 Å². The molecular weight excluding hydrogens is 226 g/mol. The molecule has 2 rings (SSSR count). The first-order valence-electron chi connectivity index (χ1n) is 5.64. The highest BCUT2D eigenvalue weighted by Gasteiger charge is 2.17. The molecule has 0 radical (unpaired) electrons. The van der Waals surface area contributed by atoms with Gasteiger partial charge in [0, 0.05) is 6.04 Å². The molecule has 1 aromatic heterocycles. The fourth-order valence-corrected chi connectivity index (χ4v) is 2.20. The standard InChI is InChI=1S/C11H16ClN3O/c1-8-10(12)6-13-15(8)7-11(16)14-9-4-2-3-5-9/h6,9H,2-5,7H2,1H3,(H,14,16). The number of carbonyl (C=O) groups is 1. The largest absolute Gasteiger partial charge is 0.352 e. The maximum atomic E-state index is 11.7. The Hall–Kier alpha value is -1.03. The van der Waals surface area contributed by atoms with Crippen LogP contribution in [0.5, 0.6) is 0 Å². The topological polar surface area (TPSA) is 46.9 Å². The summed E-state index contributed by atoms with van der Waals surface area (Å²) >= 11 is 5.87. The Morgan fingerprint density at radius 1 is 1.62 bits per heavy atom. The van der Waals surface area contributed by atoms with E-state index in [-0.39, 0.29) is 12.5 Å². The molecule has 88 valence electrons. The summed E-state index contributed by atoms with van der Waals surface area (Å²) in [6, 6.07) is 0.360. The van der Waals surface area contributed by atoms with E-state index >= 15 is 0 Å². The van der Waals surface area contributed by atoms with E-state index in [1.807, 2.05) is 6.92 Å². The van der Waals surface area contributed by atoms with Gasteiger partial charge in [-0.3, -0.25) is 9.48 Å². The molecule has 0 atom stereocenters. The van der Waals surface area contributed by atoms with Crippen LogP contribution in [0.2, 0.25) is 5.02 Å². The average Bonchev–Trinajstić information content (AvgIpc) is 2.83. The second kappa shape index (κ2) is 4.87. The zero-order chi connectivity index (χ0) is 11.5. The SMILES string of the molecule is Cc1c(Cl)cnn1CC(=O)NC1CCCC1. The van der Waals surface area contributed by atoms with Crippen molar-refractivity contribution in [3.8, 4) is 0 Å². The predicted molar refractivity (Wildman–Crippen MR) is 62.4 cm³/mol. The van der Waals surface area contributed by atoms with E-state index in [2.05, 4.69) is 10.4 Å². The number of carbonyl (C=O) groups excluding carboxylic acids is 1. The second-order valence-electron chi connectivity index (χ2n) is 4.28. The molecule has 1 heterocycles. The van der Waals surface area contributed by atoms with E-state index in [0.717, 1.165) is 18.5 Å². The summed E-state index contributed by atoms with van der Waals surface area (Å²) in [7, 11) is 0. The van der Waals surface area contributed by atoms with E-state index in [4.69, 9.17) is 11.6 Å². The van der Waals surface area contributed by atoms with Crippen molar-refractivity contribution in [3.63, 3.8) is 0 Å². The molecule has 0 saturated heterocycles. The van der Waals surface area contributed by atoms with Gasteiger partial charge >= 0.3 is 0 Å². The highest BCUT2D eigenvalue weighted by molar-refractivity contribution is 6.31. The van der Waals surface area contributed by atoms with Crippen molar-refractivity contribution in [1.29, 1.82) is 0 Å². The van der Waals surface area contributed by atoms with E-state index in [1.165, 1.54) is 12.8 Å². The van der Waals surface area contributed by atoms with Gasteiger partial charge in [0.05, 0.1) is 16.9 Å². The second-order valence-corrected chi connectivity index (χ2v) is 4.69. The number of aromatic nitrogens is 2. The number of amides is 1. The van der Waals surface area contributed by atoms with Crippen LogP contribution >= 0.6 is 11.6 Å². The maximum Gasteiger partial charge on any atom is 0.241 e. The number of halogens is 1. The molecule has 0 aromatic carbocycles. The summed E-state index contributed by atoms with van der Waals surface area (Å²) in [4.78, 5) is 11.7. The number of hydrogen-bond acceptors (Lipinski definition) is 2. The summed E-state index contributed by atoms with van der Waals surface area (Å²) in [6.45, 7) is 2.12. The summed E-state index contributed by atoms with van der Waals surface area (Å²) < 4.78 is 1.63. The number of nitrogens with one attached hydrogen (secondary N) is 1. The molecule has 1 N–H and O–H groups in total. The van der Waals surface area contributed by atoms with Gasteiger partial charge in [0.15, 0.2) is 0 Å². The average molecular weight is 242 g/mol. The zero-order valence-electron chi connectivity index (χ0n) is 9.37. The van der Waals surface area contributed by atoms with E-state index in [9.17, 15) is 4.79 Å². The molecular formula is C11H16ClN3O. The summed E-state index contributed by atoms with van der Waals surface area (Å²) in [5, 5.41) is 7.68. The minimum atomic E-state index is 0.0229. The van der Waals surface area contributed by atoms with Gasteiger partial charge in [-0.15, -0.1) is 0 Å². The number of nitrogens with zero attached hydrogens (tertiary/aromatic N) is 2. The third-order valence-corrected chi connectivity index (χ3v) is 3.43. The molecule has 5 heteroatoms. The van der Waals surface area contributed by atoms with Gasteiger partial charge in [-0.05, 0) is 19.8 Å². The minimum Gasteiger partial charge on any atom is -0.352 e. The molecule has 1 saturated carbocycles. The smallest absolute Gasteiger partial charge is 0.241 e. The van der Waals surface area contributed by atoms with Crippen LogP contribution in [0.1, 0.15) is 31.4 Å². The van der Waals surface area contributed by atoms with Gasteiger partial charge in [0.25, 0.3) is 0 Å². The van der Waals surface area contributed by atoms with Crippen molar-refractivity contribution in [2.24, 2.45) is 0 Å². The van der Waals surface area contributed by atoms with Crippen molar-refractivity contribution in [3.05, 3.63) is 16.9 Å². The molecule has 4 nitrogen and oxygen atoms in total. The maximum absolute atomic E-state index is 11.7. The van der Waals surface area contributed by atoms with Gasteiger partial charge in [0.1, 0.15) is 6.54 Å². The monoisotopic (exact) mass is 241 g/mol. The van der Waals surface area contributed by atoms with Crippen LogP contribution in [0.4, 0.5) is 0 Å². The van der Waals surface area contributed by atoms with Crippen molar-refractivity contribution in [2.75, 3.05) is 0 Å². The van der Waals surface area contributed by atoms with Gasteiger partial charge < -0.3 is 5.32 Å². The lowest BCUT2D eigenvalue weighted by Crippen LogP contribution is -2.35. The minimum absolute atomic E-state index is 0.0229. The number of rotatable bonds is 3. The van der Waals surface area contributed by atoms with Crippen LogP contribution < -0.4 is 5.32 Å². The third kappa shape index (κ3) is 2.55. The fraction of sp³-hybridized carbons (Fsp3) is 0.636. The Kier molecular flexibility index (Phi) is 3.49.